The van der Waals surface area contributed by atoms with Crippen LogP contribution in [0.25, 0.3) is 0 Å². The Hall–Kier alpha value is -1.14. The molecule has 2 heterocycles. The minimum Gasteiger partial charge on any atom is -0.324 e. The number of rotatable bonds is 1. The zero-order chi connectivity index (χ0) is 12.9. The highest BCUT2D eigenvalue weighted by Crippen LogP contribution is 2.37. The number of thioether (sulfide) groups is 1. The monoisotopic (exact) mass is 282 g/mol. The van der Waals surface area contributed by atoms with Crippen LogP contribution in [-0.2, 0) is 4.79 Å². The molecule has 2 unspecified atom stereocenters. The average Bonchev–Trinajstić information content (AvgIpc) is 2.83. The highest BCUT2D eigenvalue weighted by Gasteiger charge is 2.48. The summed E-state index contributed by atoms with van der Waals surface area (Å²) in [5.41, 5.74) is 0.637. The van der Waals surface area contributed by atoms with Crippen molar-refractivity contribution in [1.82, 2.24) is 4.90 Å². The number of nitrogens with zero attached hydrogens (tertiary/aromatic N) is 2. The van der Waals surface area contributed by atoms with E-state index in [2.05, 4.69) is 0 Å². The van der Waals surface area contributed by atoms with Gasteiger partial charge in [-0.1, -0.05) is 0 Å². The Morgan fingerprint density at radius 3 is 2.67 bits per heavy atom. The van der Waals surface area contributed by atoms with Crippen molar-refractivity contribution < 1.29 is 9.18 Å². The summed E-state index contributed by atoms with van der Waals surface area (Å²) in [6, 6.07) is 5.68. The second-order valence-electron chi connectivity index (χ2n) is 4.29. The van der Waals surface area contributed by atoms with E-state index in [0.29, 0.717) is 10.8 Å². The third-order valence-electron chi connectivity index (χ3n) is 3.23. The van der Waals surface area contributed by atoms with Gasteiger partial charge in [-0.3, -0.25) is 9.69 Å². The number of hydrogen-bond donors (Lipinski definition) is 0. The molecule has 0 aliphatic carbocycles. The molecule has 0 aromatic heterocycles. The molecule has 6 heteroatoms. The van der Waals surface area contributed by atoms with E-state index >= 15 is 0 Å². The molecule has 1 amide bonds. The van der Waals surface area contributed by atoms with Gasteiger partial charge in [-0.05, 0) is 43.4 Å². The topological polar surface area (TPSA) is 23.6 Å². The van der Waals surface area contributed by atoms with Crippen molar-refractivity contribution >= 4 is 40.7 Å². The largest absolute Gasteiger partial charge is 0.324 e. The number of carbonyl (C=O) groups excluding carboxylic acids is 1. The van der Waals surface area contributed by atoms with Gasteiger partial charge in [0.25, 0.3) is 5.91 Å². The van der Waals surface area contributed by atoms with E-state index in [0.717, 1.165) is 5.75 Å². The quantitative estimate of drug-likeness (QED) is 0.737. The Morgan fingerprint density at radius 2 is 2.06 bits per heavy atom. The number of thiocarbonyl (C=S) groups is 1. The smallest absolute Gasteiger partial charge is 0.257 e. The summed E-state index contributed by atoms with van der Waals surface area (Å²) in [5, 5.41) is 0.742. The number of anilines is 1. The molecule has 2 saturated heterocycles. The molecule has 3 rings (SSSR count). The Balaban J connectivity index is 1.97. The van der Waals surface area contributed by atoms with Gasteiger partial charge in [0.05, 0.1) is 11.1 Å². The van der Waals surface area contributed by atoms with Crippen molar-refractivity contribution in [2.75, 3.05) is 10.7 Å². The molecule has 18 heavy (non-hydrogen) atoms. The van der Waals surface area contributed by atoms with Crippen LogP contribution in [0.5, 0.6) is 0 Å². The normalized spacial score (nSPS) is 27.0. The lowest BCUT2D eigenvalue weighted by atomic mass is 10.2. The van der Waals surface area contributed by atoms with Crippen molar-refractivity contribution in [2.45, 2.75) is 18.3 Å². The predicted molar refractivity (Wildman–Crippen MR) is 74.0 cm³/mol. The fraction of sp³-hybridized carbons (Fsp3) is 0.333. The predicted octanol–water partition coefficient (Wildman–Crippen LogP) is 2.22. The van der Waals surface area contributed by atoms with E-state index in [4.69, 9.17) is 12.2 Å². The SMILES string of the molecule is CC1SCC2C(=O)N(c3ccc(F)cc3)C(=S)N12. The van der Waals surface area contributed by atoms with Crippen LogP contribution in [0.3, 0.4) is 0 Å². The van der Waals surface area contributed by atoms with Gasteiger partial charge in [0.1, 0.15) is 11.9 Å². The van der Waals surface area contributed by atoms with Gasteiger partial charge >= 0.3 is 0 Å². The summed E-state index contributed by atoms with van der Waals surface area (Å²) in [7, 11) is 0. The third-order valence-corrected chi connectivity index (χ3v) is 4.84. The lowest BCUT2D eigenvalue weighted by Crippen LogP contribution is -2.35. The summed E-state index contributed by atoms with van der Waals surface area (Å²) in [4.78, 5) is 15.8. The lowest BCUT2D eigenvalue weighted by Gasteiger charge is -2.22. The molecule has 0 N–H and O–H groups in total. The number of halogens is 1. The van der Waals surface area contributed by atoms with E-state index < -0.39 is 0 Å². The van der Waals surface area contributed by atoms with E-state index in [-0.39, 0.29) is 23.1 Å². The van der Waals surface area contributed by atoms with Gasteiger partial charge in [-0.15, -0.1) is 11.8 Å². The third kappa shape index (κ3) is 1.63. The van der Waals surface area contributed by atoms with Crippen molar-refractivity contribution in [3.63, 3.8) is 0 Å². The second-order valence-corrected chi connectivity index (χ2v) is 6.00. The molecule has 2 fully saturated rings. The Kier molecular flexibility index (Phi) is 2.79. The van der Waals surface area contributed by atoms with Crippen molar-refractivity contribution in [2.24, 2.45) is 0 Å². The molecule has 0 radical (unpaired) electrons. The average molecular weight is 282 g/mol. The number of carbonyl (C=O) groups is 1. The number of fused-ring (bicyclic) bond motifs is 1. The van der Waals surface area contributed by atoms with Gasteiger partial charge < -0.3 is 4.90 Å². The summed E-state index contributed by atoms with van der Waals surface area (Å²) in [6.07, 6.45) is 0. The number of hydrogen-bond acceptors (Lipinski definition) is 3. The molecule has 0 saturated carbocycles. The van der Waals surface area contributed by atoms with Crippen molar-refractivity contribution in [1.29, 1.82) is 0 Å². The van der Waals surface area contributed by atoms with Gasteiger partial charge in [-0.2, -0.15) is 0 Å². The van der Waals surface area contributed by atoms with Crippen LogP contribution in [-0.4, -0.2) is 33.1 Å². The first-order valence-corrected chi connectivity index (χ1v) is 7.09. The summed E-state index contributed by atoms with van der Waals surface area (Å²) in [6.45, 7) is 2.04. The zero-order valence-corrected chi connectivity index (χ0v) is 11.3. The van der Waals surface area contributed by atoms with Crippen molar-refractivity contribution in [3.05, 3.63) is 30.1 Å². The molecule has 0 bridgehead atoms. The minimum absolute atomic E-state index is 0.0107. The maximum absolute atomic E-state index is 12.9. The summed E-state index contributed by atoms with van der Waals surface area (Å²) >= 11 is 7.10. The number of amides is 1. The van der Waals surface area contributed by atoms with Crippen molar-refractivity contribution in [3.8, 4) is 0 Å². The van der Waals surface area contributed by atoms with E-state index in [1.807, 2.05) is 11.8 Å². The molecular weight excluding hydrogens is 271 g/mol. The first kappa shape index (κ1) is 11.9. The lowest BCUT2D eigenvalue weighted by molar-refractivity contribution is -0.119. The molecule has 2 aliphatic heterocycles. The van der Waals surface area contributed by atoms with E-state index in [1.54, 1.807) is 23.9 Å². The molecule has 2 aliphatic rings. The molecule has 3 nitrogen and oxygen atoms in total. The van der Waals surface area contributed by atoms with E-state index in [9.17, 15) is 9.18 Å². The maximum atomic E-state index is 12.9. The van der Waals surface area contributed by atoms with E-state index in [1.165, 1.54) is 17.0 Å². The van der Waals surface area contributed by atoms with Gasteiger partial charge in [0.2, 0.25) is 0 Å². The second kappa shape index (κ2) is 4.20. The fourth-order valence-corrected chi connectivity index (χ4v) is 4.03. The Morgan fingerprint density at radius 1 is 1.39 bits per heavy atom. The van der Waals surface area contributed by atoms with Crippen LogP contribution in [0, 0.1) is 5.82 Å². The molecule has 0 spiro atoms. The minimum atomic E-state index is -0.319. The molecule has 94 valence electrons. The van der Waals surface area contributed by atoms with Crippen LogP contribution >= 0.6 is 24.0 Å². The van der Waals surface area contributed by atoms with Crippen LogP contribution < -0.4 is 4.90 Å². The Labute approximate surface area is 114 Å². The highest BCUT2D eigenvalue weighted by atomic mass is 32.2. The van der Waals surface area contributed by atoms with Crippen LogP contribution in [0.15, 0.2) is 24.3 Å². The molecule has 1 aromatic carbocycles. The first-order chi connectivity index (χ1) is 8.59. The van der Waals surface area contributed by atoms with Crippen LogP contribution in [0.4, 0.5) is 10.1 Å². The molecular formula is C12H11FN2OS2. The first-order valence-electron chi connectivity index (χ1n) is 5.63. The highest BCUT2D eigenvalue weighted by molar-refractivity contribution is 8.00. The van der Waals surface area contributed by atoms with Gasteiger partial charge in [0.15, 0.2) is 5.11 Å². The zero-order valence-electron chi connectivity index (χ0n) is 9.67. The summed E-state index contributed by atoms with van der Waals surface area (Å²) < 4.78 is 12.9. The number of benzene rings is 1. The van der Waals surface area contributed by atoms with Crippen LogP contribution in [0.1, 0.15) is 6.92 Å². The Bertz CT molecular complexity index is 519. The standard InChI is InChI=1S/C12H11FN2OS2/c1-7-14-10(6-18-7)11(16)15(12(14)17)9-4-2-8(13)3-5-9/h2-5,7,10H,6H2,1H3. The van der Waals surface area contributed by atoms with Crippen LogP contribution in [0.2, 0.25) is 0 Å². The summed E-state index contributed by atoms with van der Waals surface area (Å²) in [5.74, 6) is 0.432. The molecule has 2 atom stereocenters. The van der Waals surface area contributed by atoms with Gasteiger partial charge in [0, 0.05) is 5.75 Å². The van der Waals surface area contributed by atoms with Gasteiger partial charge in [-0.25, -0.2) is 4.39 Å². The maximum Gasteiger partial charge on any atom is 0.257 e. The fourth-order valence-electron chi connectivity index (χ4n) is 2.31. The molecule has 1 aromatic rings.